The lowest BCUT2D eigenvalue weighted by atomic mass is 10.0. The molecule has 0 saturated carbocycles. The first kappa shape index (κ1) is 15.3. The van der Waals surface area contributed by atoms with Crippen molar-refractivity contribution in [2.45, 2.75) is 32.7 Å². The zero-order chi connectivity index (χ0) is 16.5. The molecule has 4 rings (SSSR count). The van der Waals surface area contributed by atoms with Gasteiger partial charge >= 0.3 is 0 Å². The average Bonchev–Trinajstić information content (AvgIpc) is 3.01. The number of aryl methyl sites for hydroxylation is 2. The van der Waals surface area contributed by atoms with Gasteiger partial charge in [-0.05, 0) is 62.2 Å². The molecule has 0 aliphatic carbocycles. The molecule has 1 aromatic carbocycles. The number of aromatic nitrogens is 3. The van der Waals surface area contributed by atoms with Crippen LogP contribution in [0.2, 0.25) is 0 Å². The molecule has 3 aromatic rings. The highest BCUT2D eigenvalue weighted by Crippen LogP contribution is 2.25. The van der Waals surface area contributed by atoms with Crippen LogP contribution in [0.25, 0.3) is 22.3 Å². The van der Waals surface area contributed by atoms with Gasteiger partial charge in [-0.2, -0.15) is 5.10 Å². The van der Waals surface area contributed by atoms with Gasteiger partial charge in [-0.1, -0.05) is 18.6 Å². The lowest BCUT2D eigenvalue weighted by Crippen LogP contribution is -2.29. The lowest BCUT2D eigenvalue weighted by Gasteiger charge is -2.26. The van der Waals surface area contributed by atoms with E-state index in [1.165, 1.54) is 48.9 Å². The molecule has 3 heterocycles. The highest BCUT2D eigenvalue weighted by molar-refractivity contribution is 5.85. The van der Waals surface area contributed by atoms with E-state index in [2.05, 4.69) is 41.2 Å². The van der Waals surface area contributed by atoms with E-state index in [-0.39, 0.29) is 0 Å². The largest absolute Gasteiger partial charge is 0.299 e. The van der Waals surface area contributed by atoms with E-state index in [1.807, 2.05) is 24.0 Å². The summed E-state index contributed by atoms with van der Waals surface area (Å²) in [5.41, 5.74) is 5.76. The number of nitrogens with zero attached hydrogens (tertiary/aromatic N) is 4. The molecule has 0 unspecified atom stereocenters. The monoisotopic (exact) mass is 320 g/mol. The van der Waals surface area contributed by atoms with Crippen LogP contribution in [-0.4, -0.2) is 32.8 Å². The van der Waals surface area contributed by atoms with Crippen molar-refractivity contribution in [3.05, 3.63) is 47.7 Å². The van der Waals surface area contributed by atoms with Crippen LogP contribution in [0.5, 0.6) is 0 Å². The van der Waals surface area contributed by atoms with E-state index in [0.29, 0.717) is 0 Å². The molecular formula is C20H24N4. The smallest absolute Gasteiger partial charge is 0.0893 e. The van der Waals surface area contributed by atoms with Crippen molar-refractivity contribution in [1.82, 2.24) is 19.7 Å². The number of fused-ring (bicyclic) bond motifs is 1. The summed E-state index contributed by atoms with van der Waals surface area (Å²) in [5, 5.41) is 5.51. The Morgan fingerprint density at radius 2 is 1.88 bits per heavy atom. The van der Waals surface area contributed by atoms with Crippen LogP contribution in [0.15, 0.2) is 36.5 Å². The summed E-state index contributed by atoms with van der Waals surface area (Å²) in [5.74, 6) is 0. The van der Waals surface area contributed by atoms with Crippen molar-refractivity contribution in [3.63, 3.8) is 0 Å². The van der Waals surface area contributed by atoms with Crippen molar-refractivity contribution >= 4 is 10.9 Å². The third-order valence-electron chi connectivity index (χ3n) is 5.02. The fourth-order valence-electron chi connectivity index (χ4n) is 3.68. The molecule has 1 saturated heterocycles. The molecule has 1 aliphatic rings. The van der Waals surface area contributed by atoms with Gasteiger partial charge in [0.2, 0.25) is 0 Å². The van der Waals surface area contributed by atoms with E-state index in [9.17, 15) is 0 Å². The molecule has 1 fully saturated rings. The Morgan fingerprint density at radius 3 is 2.62 bits per heavy atom. The highest BCUT2D eigenvalue weighted by Gasteiger charge is 2.12. The second kappa shape index (κ2) is 6.36. The van der Waals surface area contributed by atoms with Crippen molar-refractivity contribution < 1.29 is 0 Å². The molecule has 0 atom stereocenters. The summed E-state index contributed by atoms with van der Waals surface area (Å²) in [4.78, 5) is 7.47. The summed E-state index contributed by atoms with van der Waals surface area (Å²) in [6, 6.07) is 10.9. The zero-order valence-corrected chi connectivity index (χ0v) is 14.5. The fourth-order valence-corrected chi connectivity index (χ4v) is 3.68. The normalized spacial score (nSPS) is 15.9. The number of piperidine rings is 1. The van der Waals surface area contributed by atoms with E-state index in [0.717, 1.165) is 23.4 Å². The van der Waals surface area contributed by atoms with E-state index in [1.54, 1.807) is 0 Å². The molecule has 4 heteroatoms. The van der Waals surface area contributed by atoms with Gasteiger partial charge in [0.05, 0.1) is 16.9 Å². The van der Waals surface area contributed by atoms with E-state index in [4.69, 9.17) is 4.98 Å². The minimum absolute atomic E-state index is 0.995. The van der Waals surface area contributed by atoms with Crippen molar-refractivity contribution in [1.29, 1.82) is 0 Å². The Hall–Kier alpha value is -2.20. The summed E-state index contributed by atoms with van der Waals surface area (Å²) in [7, 11) is 1.96. The van der Waals surface area contributed by atoms with Crippen LogP contribution in [0.4, 0.5) is 0 Å². The maximum Gasteiger partial charge on any atom is 0.0893 e. The molecule has 1 aliphatic heterocycles. The number of hydrogen-bond donors (Lipinski definition) is 0. The Labute approximate surface area is 143 Å². The zero-order valence-electron chi connectivity index (χ0n) is 14.5. The third kappa shape index (κ3) is 2.94. The maximum atomic E-state index is 4.91. The number of likely N-dealkylation sites (tertiary alicyclic amines) is 1. The van der Waals surface area contributed by atoms with Gasteiger partial charge in [0.25, 0.3) is 0 Å². The second-order valence-corrected chi connectivity index (χ2v) is 6.85. The Balaban J connectivity index is 1.70. The highest BCUT2D eigenvalue weighted by atomic mass is 15.3. The van der Waals surface area contributed by atoms with Gasteiger partial charge in [0, 0.05) is 25.2 Å². The van der Waals surface area contributed by atoms with Gasteiger partial charge < -0.3 is 0 Å². The predicted octanol–water partition coefficient (Wildman–Crippen LogP) is 3.93. The minimum Gasteiger partial charge on any atom is -0.299 e. The van der Waals surface area contributed by atoms with Crippen molar-refractivity contribution in [2.75, 3.05) is 13.1 Å². The fraction of sp³-hybridized carbons (Fsp3) is 0.400. The van der Waals surface area contributed by atoms with Crippen LogP contribution >= 0.6 is 0 Å². The minimum atomic E-state index is 0.995. The number of pyridine rings is 1. The molecular weight excluding hydrogens is 296 g/mol. The SMILES string of the molecule is Cc1cc(-c2ccnn2C)nc2cc(CN3CCCCC3)ccc12. The van der Waals surface area contributed by atoms with Crippen LogP contribution < -0.4 is 0 Å². The van der Waals surface area contributed by atoms with Gasteiger partial charge in [-0.25, -0.2) is 4.98 Å². The van der Waals surface area contributed by atoms with Gasteiger partial charge in [0.15, 0.2) is 0 Å². The van der Waals surface area contributed by atoms with Gasteiger partial charge in [0.1, 0.15) is 0 Å². The molecule has 124 valence electrons. The maximum absolute atomic E-state index is 4.91. The molecule has 2 aromatic heterocycles. The first-order chi connectivity index (χ1) is 11.7. The van der Waals surface area contributed by atoms with E-state index >= 15 is 0 Å². The topological polar surface area (TPSA) is 34.0 Å². The number of benzene rings is 1. The second-order valence-electron chi connectivity index (χ2n) is 6.85. The first-order valence-corrected chi connectivity index (χ1v) is 8.82. The lowest BCUT2D eigenvalue weighted by molar-refractivity contribution is 0.221. The summed E-state index contributed by atoms with van der Waals surface area (Å²) in [6.45, 7) is 5.64. The molecule has 0 radical (unpaired) electrons. The summed E-state index contributed by atoms with van der Waals surface area (Å²) >= 11 is 0. The molecule has 0 bridgehead atoms. The summed E-state index contributed by atoms with van der Waals surface area (Å²) < 4.78 is 1.88. The van der Waals surface area contributed by atoms with Crippen molar-refractivity contribution in [2.24, 2.45) is 7.05 Å². The predicted molar refractivity (Wildman–Crippen MR) is 97.8 cm³/mol. The number of rotatable bonds is 3. The summed E-state index contributed by atoms with van der Waals surface area (Å²) in [6.07, 6.45) is 5.86. The van der Waals surface area contributed by atoms with Crippen LogP contribution in [-0.2, 0) is 13.6 Å². The van der Waals surface area contributed by atoms with Crippen LogP contribution in [0.1, 0.15) is 30.4 Å². The quantitative estimate of drug-likeness (QED) is 0.733. The van der Waals surface area contributed by atoms with Gasteiger partial charge in [-0.3, -0.25) is 9.58 Å². The Kier molecular flexibility index (Phi) is 4.07. The van der Waals surface area contributed by atoms with Crippen LogP contribution in [0.3, 0.4) is 0 Å². The van der Waals surface area contributed by atoms with Crippen molar-refractivity contribution in [3.8, 4) is 11.4 Å². The Bertz CT molecular complexity index is 859. The van der Waals surface area contributed by atoms with Gasteiger partial charge in [-0.15, -0.1) is 0 Å². The van der Waals surface area contributed by atoms with Crippen LogP contribution in [0, 0.1) is 6.92 Å². The molecule has 0 N–H and O–H groups in total. The molecule has 24 heavy (non-hydrogen) atoms. The first-order valence-electron chi connectivity index (χ1n) is 8.82. The molecule has 0 amide bonds. The average molecular weight is 320 g/mol. The number of hydrogen-bond acceptors (Lipinski definition) is 3. The standard InChI is InChI=1S/C20H24N4/c1-15-12-19(20-8-9-21-23(20)2)22-18-13-16(6-7-17(15)18)14-24-10-4-3-5-11-24/h6-9,12-13H,3-5,10-11,14H2,1-2H3. The third-order valence-corrected chi connectivity index (χ3v) is 5.02. The molecule has 0 spiro atoms. The van der Waals surface area contributed by atoms with E-state index < -0.39 is 0 Å². The molecule has 4 nitrogen and oxygen atoms in total. The Morgan fingerprint density at radius 1 is 1.04 bits per heavy atom.